The number of hydrogen-bond donors (Lipinski definition) is 0. The molecule has 0 unspecified atom stereocenters. The molecule has 0 saturated heterocycles. The summed E-state index contributed by atoms with van der Waals surface area (Å²) in [6, 6.07) is 0. The lowest BCUT2D eigenvalue weighted by atomic mass is 9.71. The second-order valence-corrected chi connectivity index (χ2v) is 9.05. The van der Waals surface area contributed by atoms with Crippen molar-refractivity contribution in [3.05, 3.63) is 51.8 Å². The molecule has 0 amide bonds. The van der Waals surface area contributed by atoms with Gasteiger partial charge in [-0.05, 0) is 80.6 Å². The van der Waals surface area contributed by atoms with Crippen LogP contribution in [0.5, 0.6) is 0 Å². The second-order valence-electron chi connectivity index (χ2n) is 9.05. The zero-order chi connectivity index (χ0) is 19.3. The summed E-state index contributed by atoms with van der Waals surface area (Å²) in [5.41, 5.74) is 10.2. The summed E-state index contributed by atoms with van der Waals surface area (Å²) in [5.74, 6) is 0. The van der Waals surface area contributed by atoms with Gasteiger partial charge in [0.2, 0.25) is 0 Å². The van der Waals surface area contributed by atoms with Crippen molar-refractivity contribution in [1.29, 1.82) is 0 Å². The van der Waals surface area contributed by atoms with Gasteiger partial charge >= 0.3 is 0 Å². The lowest BCUT2D eigenvalue weighted by Gasteiger charge is -2.34. The van der Waals surface area contributed by atoms with E-state index in [1.54, 1.807) is 17.2 Å². The van der Waals surface area contributed by atoms with Crippen molar-refractivity contribution in [2.24, 2.45) is 10.8 Å². The predicted molar refractivity (Wildman–Crippen MR) is 110 cm³/mol. The molecule has 1 aliphatic carbocycles. The molecule has 1 nitrogen and oxygen atoms in total. The zero-order valence-electron chi connectivity index (χ0n) is 17.5. The topological polar surface area (TPSA) is 17.1 Å². The number of carbonyl (C=O) groups is 1. The molecule has 0 saturated carbocycles. The summed E-state index contributed by atoms with van der Waals surface area (Å²) in [6.45, 7) is 17.6. The average Bonchev–Trinajstić information content (AvgIpc) is 2.45. The first-order chi connectivity index (χ1) is 11.5. The van der Waals surface area contributed by atoms with E-state index in [2.05, 4.69) is 66.3 Å². The molecule has 0 bridgehead atoms. The minimum atomic E-state index is -0.0369. The van der Waals surface area contributed by atoms with Crippen LogP contribution < -0.4 is 0 Å². The number of allylic oxidation sites excluding steroid dienone is 7. The average molecular weight is 341 g/mol. The van der Waals surface area contributed by atoms with Crippen molar-refractivity contribution in [1.82, 2.24) is 0 Å². The fourth-order valence-corrected chi connectivity index (χ4v) is 3.74. The lowest BCUT2D eigenvalue weighted by Crippen LogP contribution is -2.20. The number of aldehydes is 1. The molecule has 1 aliphatic rings. The van der Waals surface area contributed by atoms with E-state index < -0.39 is 0 Å². The van der Waals surface area contributed by atoms with Crippen LogP contribution >= 0.6 is 0 Å². The van der Waals surface area contributed by atoms with E-state index in [9.17, 15) is 4.79 Å². The van der Waals surface area contributed by atoms with Crippen LogP contribution in [0.25, 0.3) is 0 Å². The van der Waals surface area contributed by atoms with Gasteiger partial charge in [-0.3, -0.25) is 4.79 Å². The second kappa shape index (κ2) is 8.68. The summed E-state index contributed by atoms with van der Waals surface area (Å²) < 4.78 is 0. The molecule has 1 heteroatoms. The Bertz CT molecular complexity index is 651. The maximum absolute atomic E-state index is 10.8. The van der Waals surface area contributed by atoms with Crippen molar-refractivity contribution >= 4 is 6.29 Å². The number of hydrogen-bond acceptors (Lipinski definition) is 1. The van der Waals surface area contributed by atoms with Gasteiger partial charge in [-0.2, -0.15) is 0 Å². The summed E-state index contributed by atoms with van der Waals surface area (Å²) in [4.78, 5) is 10.8. The predicted octanol–water partition coefficient (Wildman–Crippen LogP) is 7.12. The van der Waals surface area contributed by atoms with Crippen molar-refractivity contribution in [2.45, 2.75) is 81.1 Å². The van der Waals surface area contributed by atoms with E-state index in [1.165, 1.54) is 24.8 Å². The Morgan fingerprint density at radius 3 is 2.40 bits per heavy atom. The number of carbonyl (C=O) groups excluding carboxylic acids is 1. The molecule has 0 aromatic rings. The third-order valence-corrected chi connectivity index (χ3v) is 5.22. The Morgan fingerprint density at radius 1 is 1.24 bits per heavy atom. The van der Waals surface area contributed by atoms with Crippen LogP contribution in [0.3, 0.4) is 0 Å². The summed E-state index contributed by atoms with van der Waals surface area (Å²) in [6.07, 6.45) is 11.7. The highest BCUT2D eigenvalue weighted by Crippen LogP contribution is 2.42. The molecular formula is C24H36O. The largest absolute Gasteiger partial charge is 0.299 e. The van der Waals surface area contributed by atoms with Crippen LogP contribution in [-0.2, 0) is 4.79 Å². The van der Waals surface area contributed by atoms with E-state index in [1.807, 2.05) is 6.92 Å². The summed E-state index contributed by atoms with van der Waals surface area (Å²) >= 11 is 0. The smallest absolute Gasteiger partial charge is 0.143 e. The normalized spacial score (nSPS) is 18.7. The molecule has 138 valence electrons. The molecule has 0 aromatic heterocycles. The van der Waals surface area contributed by atoms with Gasteiger partial charge < -0.3 is 0 Å². The first-order valence-electron chi connectivity index (χ1n) is 9.44. The van der Waals surface area contributed by atoms with E-state index >= 15 is 0 Å². The van der Waals surface area contributed by atoms with Crippen molar-refractivity contribution in [3.63, 3.8) is 0 Å². The Hall–Kier alpha value is -1.59. The minimum Gasteiger partial charge on any atom is -0.299 e. The van der Waals surface area contributed by atoms with E-state index in [4.69, 9.17) is 0 Å². The number of rotatable bonds is 5. The van der Waals surface area contributed by atoms with Crippen molar-refractivity contribution < 1.29 is 4.79 Å². The molecule has 1 rings (SSSR count). The highest BCUT2D eigenvalue weighted by atomic mass is 16.1. The Labute approximate surface area is 155 Å². The van der Waals surface area contributed by atoms with Gasteiger partial charge in [0.25, 0.3) is 0 Å². The molecular weight excluding hydrogens is 304 g/mol. The summed E-state index contributed by atoms with van der Waals surface area (Å²) in [5, 5.41) is 0. The molecule has 0 fully saturated rings. The zero-order valence-corrected chi connectivity index (χ0v) is 17.5. The van der Waals surface area contributed by atoms with Gasteiger partial charge in [0.05, 0.1) is 0 Å². The highest BCUT2D eigenvalue weighted by Gasteiger charge is 2.27. The third-order valence-electron chi connectivity index (χ3n) is 5.22. The quantitative estimate of drug-likeness (QED) is 0.171. The summed E-state index contributed by atoms with van der Waals surface area (Å²) in [7, 11) is 0. The van der Waals surface area contributed by atoms with Gasteiger partial charge in [-0.25, -0.2) is 0 Å². The first-order valence-corrected chi connectivity index (χ1v) is 9.44. The maximum atomic E-state index is 10.8. The highest BCUT2D eigenvalue weighted by molar-refractivity contribution is 5.68. The maximum Gasteiger partial charge on any atom is 0.143 e. The SMILES string of the molecule is CC1=C(C/C=C(\C)C=C=C(/C(C)=C\C=O)C(C)(C)C)C(C)(C)CCC1. The van der Waals surface area contributed by atoms with Gasteiger partial charge in [-0.1, -0.05) is 51.8 Å². The van der Waals surface area contributed by atoms with E-state index in [0.29, 0.717) is 5.41 Å². The molecule has 0 atom stereocenters. The van der Waals surface area contributed by atoms with E-state index in [-0.39, 0.29) is 5.41 Å². The Kier molecular flexibility index (Phi) is 7.44. The molecule has 0 aromatic carbocycles. The Balaban J connectivity index is 3.11. The van der Waals surface area contributed by atoms with Crippen LogP contribution in [0.4, 0.5) is 0 Å². The molecule has 0 aliphatic heterocycles. The van der Waals surface area contributed by atoms with Crippen LogP contribution in [0.2, 0.25) is 0 Å². The standard InChI is InChI=1S/C24H36O/c1-18(11-13-21(23(4,5)6)20(3)15-17-25)12-14-22-19(2)10-9-16-24(22,7)8/h11-12,15,17H,9-10,14,16H2,1-8H3/b18-12+,20-15-. The fourth-order valence-electron chi connectivity index (χ4n) is 3.74. The fraction of sp³-hybridized carbons (Fsp3) is 0.583. The van der Waals surface area contributed by atoms with Gasteiger partial charge in [-0.15, -0.1) is 5.73 Å². The first kappa shape index (κ1) is 21.5. The molecule has 0 N–H and O–H groups in total. The van der Waals surface area contributed by atoms with Crippen molar-refractivity contribution in [3.8, 4) is 0 Å². The molecule has 0 spiro atoms. The monoisotopic (exact) mass is 340 g/mol. The van der Waals surface area contributed by atoms with Crippen LogP contribution in [-0.4, -0.2) is 6.29 Å². The lowest BCUT2D eigenvalue weighted by molar-refractivity contribution is -0.104. The van der Waals surface area contributed by atoms with Gasteiger partial charge in [0.15, 0.2) is 0 Å². The minimum absolute atomic E-state index is 0.0369. The molecule has 25 heavy (non-hydrogen) atoms. The van der Waals surface area contributed by atoms with Crippen LogP contribution in [0.1, 0.15) is 81.1 Å². The molecule has 0 heterocycles. The van der Waals surface area contributed by atoms with E-state index in [0.717, 1.165) is 23.9 Å². The molecule has 0 radical (unpaired) electrons. The van der Waals surface area contributed by atoms with Crippen LogP contribution in [0, 0.1) is 10.8 Å². The van der Waals surface area contributed by atoms with Gasteiger partial charge in [0.1, 0.15) is 6.29 Å². The van der Waals surface area contributed by atoms with Crippen molar-refractivity contribution in [2.75, 3.05) is 0 Å². The van der Waals surface area contributed by atoms with Crippen LogP contribution in [0.15, 0.2) is 51.8 Å². The van der Waals surface area contributed by atoms with Gasteiger partial charge in [0, 0.05) is 5.57 Å². The Morgan fingerprint density at radius 2 is 1.88 bits per heavy atom. The third kappa shape index (κ3) is 6.33.